The zero-order valence-electron chi connectivity index (χ0n) is 20.9. The molecule has 1 N–H and O–H groups in total. The minimum absolute atomic E-state index is 0.0743. The molecule has 0 fully saturated rings. The van der Waals surface area contributed by atoms with Gasteiger partial charge >= 0.3 is 11.9 Å². The number of aromatic nitrogens is 2. The Hall–Kier alpha value is -4.10. The zero-order chi connectivity index (χ0) is 26.4. The van der Waals surface area contributed by atoms with Crippen LogP contribution in [0.4, 0.5) is 0 Å². The van der Waals surface area contributed by atoms with Gasteiger partial charge in [-0.15, -0.1) is 0 Å². The number of halogens is 1. The predicted octanol–water partition coefficient (Wildman–Crippen LogP) is 5.25. The minimum Gasteiger partial charge on any atom is -0.466 e. The van der Waals surface area contributed by atoms with Crippen molar-refractivity contribution in [3.8, 4) is 0 Å². The van der Waals surface area contributed by atoms with Crippen LogP contribution in [0.15, 0.2) is 95.9 Å². The number of nitrogens with zero attached hydrogens (tertiary/aromatic N) is 2. The molecule has 1 unspecified atom stereocenters. The first-order valence-corrected chi connectivity index (χ1v) is 12.2. The van der Waals surface area contributed by atoms with Gasteiger partial charge in [0.25, 0.3) is 0 Å². The minimum atomic E-state index is -0.674. The number of hydrogen-bond acceptors (Lipinski definition) is 6. The maximum Gasteiger partial charge on any atom is 0.337 e. The van der Waals surface area contributed by atoms with E-state index in [4.69, 9.17) is 21.1 Å². The lowest BCUT2D eigenvalue weighted by Gasteiger charge is -2.30. The SMILES string of the molecule is COC(=O)C1=C(C)NC(C)=C(C(=O)OC/C=C/c2ccc(Cn3ccnc3)cc2)C1c1cccc(Cl)c1. The largest absolute Gasteiger partial charge is 0.466 e. The van der Waals surface area contributed by atoms with E-state index in [1.807, 2.05) is 47.2 Å². The molecule has 1 aromatic heterocycles. The monoisotopic (exact) mass is 517 g/mol. The summed E-state index contributed by atoms with van der Waals surface area (Å²) < 4.78 is 12.6. The number of methoxy groups -OCH3 is 1. The third-order valence-electron chi connectivity index (χ3n) is 6.09. The van der Waals surface area contributed by atoms with E-state index in [1.54, 1.807) is 50.6 Å². The average Bonchev–Trinajstić information content (AvgIpc) is 3.39. The van der Waals surface area contributed by atoms with E-state index in [-0.39, 0.29) is 6.61 Å². The second-order valence-corrected chi connectivity index (χ2v) is 9.10. The van der Waals surface area contributed by atoms with Crippen molar-refractivity contribution in [2.24, 2.45) is 0 Å². The smallest absolute Gasteiger partial charge is 0.337 e. The van der Waals surface area contributed by atoms with Crippen LogP contribution in [-0.2, 0) is 25.6 Å². The van der Waals surface area contributed by atoms with Crippen LogP contribution in [0.3, 0.4) is 0 Å². The van der Waals surface area contributed by atoms with Gasteiger partial charge in [0.2, 0.25) is 0 Å². The van der Waals surface area contributed by atoms with Crippen LogP contribution in [0.2, 0.25) is 5.02 Å². The lowest BCUT2D eigenvalue weighted by molar-refractivity contribution is -0.138. The fourth-order valence-corrected chi connectivity index (χ4v) is 4.57. The Morgan fingerprint density at radius 3 is 2.46 bits per heavy atom. The van der Waals surface area contributed by atoms with Crippen LogP contribution < -0.4 is 5.32 Å². The molecule has 8 heteroatoms. The van der Waals surface area contributed by atoms with E-state index in [2.05, 4.69) is 10.3 Å². The second kappa shape index (κ2) is 11.8. The topological polar surface area (TPSA) is 82.5 Å². The Bertz CT molecular complexity index is 1370. The lowest BCUT2D eigenvalue weighted by Crippen LogP contribution is -2.32. The van der Waals surface area contributed by atoms with Crippen LogP contribution in [0.25, 0.3) is 6.08 Å². The molecule has 0 saturated carbocycles. The first-order valence-electron chi connectivity index (χ1n) is 11.8. The highest BCUT2D eigenvalue weighted by molar-refractivity contribution is 6.30. The van der Waals surface area contributed by atoms with Gasteiger partial charge in [-0.05, 0) is 48.7 Å². The molecule has 190 valence electrons. The van der Waals surface area contributed by atoms with Gasteiger partial charge in [-0.2, -0.15) is 0 Å². The first-order chi connectivity index (χ1) is 17.9. The van der Waals surface area contributed by atoms with Crippen molar-refractivity contribution in [3.63, 3.8) is 0 Å². The van der Waals surface area contributed by atoms with Crippen LogP contribution in [0, 0.1) is 0 Å². The standard InChI is InChI=1S/C29H28ClN3O4/c1-19-25(28(34)36-3)27(23-7-4-8-24(30)16-23)26(20(2)32-19)29(35)37-15-5-6-21-9-11-22(12-10-21)17-33-14-13-31-18-33/h4-14,16,18,27,32H,15,17H2,1-3H3/b6-5+. The summed E-state index contributed by atoms with van der Waals surface area (Å²) in [5.74, 6) is -1.72. The van der Waals surface area contributed by atoms with Gasteiger partial charge < -0.3 is 19.4 Å². The van der Waals surface area contributed by atoms with Crippen molar-refractivity contribution in [2.45, 2.75) is 26.3 Å². The predicted molar refractivity (Wildman–Crippen MR) is 143 cm³/mol. The van der Waals surface area contributed by atoms with E-state index in [0.29, 0.717) is 33.1 Å². The number of carbonyl (C=O) groups excluding carboxylic acids is 2. The average molecular weight is 518 g/mol. The molecule has 1 atom stereocenters. The van der Waals surface area contributed by atoms with Gasteiger partial charge in [0, 0.05) is 35.4 Å². The molecule has 0 amide bonds. The van der Waals surface area contributed by atoms with Crippen molar-refractivity contribution >= 4 is 29.6 Å². The highest BCUT2D eigenvalue weighted by Gasteiger charge is 2.37. The van der Waals surface area contributed by atoms with Crippen molar-refractivity contribution < 1.29 is 19.1 Å². The van der Waals surface area contributed by atoms with Gasteiger partial charge in [-0.25, -0.2) is 14.6 Å². The number of imidazole rings is 1. The molecular formula is C29H28ClN3O4. The summed E-state index contributed by atoms with van der Waals surface area (Å²) in [6.07, 6.45) is 9.13. The summed E-state index contributed by atoms with van der Waals surface area (Å²) in [4.78, 5) is 30.0. The Balaban J connectivity index is 1.47. The number of rotatable bonds is 8. The molecule has 0 saturated heterocycles. The quantitative estimate of drug-likeness (QED) is 0.411. The van der Waals surface area contributed by atoms with Gasteiger partial charge in [-0.1, -0.05) is 54.1 Å². The summed E-state index contributed by atoms with van der Waals surface area (Å²) in [5.41, 5.74) is 4.75. The molecule has 0 bridgehead atoms. The number of benzene rings is 2. The number of allylic oxidation sites excluding steroid dienone is 2. The number of carbonyl (C=O) groups is 2. The van der Waals surface area contributed by atoms with Gasteiger partial charge in [-0.3, -0.25) is 0 Å². The molecule has 0 radical (unpaired) electrons. The Kier molecular flexibility index (Phi) is 8.25. The summed E-state index contributed by atoms with van der Waals surface area (Å²) in [6, 6.07) is 15.2. The Morgan fingerprint density at radius 1 is 1.08 bits per heavy atom. The van der Waals surface area contributed by atoms with E-state index in [9.17, 15) is 9.59 Å². The normalized spacial score (nSPS) is 15.6. The van der Waals surface area contributed by atoms with Crippen molar-refractivity contribution in [2.75, 3.05) is 13.7 Å². The molecule has 37 heavy (non-hydrogen) atoms. The maximum atomic E-state index is 13.3. The molecular weight excluding hydrogens is 490 g/mol. The summed E-state index contributed by atoms with van der Waals surface area (Å²) in [7, 11) is 1.32. The molecule has 2 aromatic carbocycles. The van der Waals surface area contributed by atoms with Gasteiger partial charge in [0.1, 0.15) is 6.61 Å². The van der Waals surface area contributed by atoms with Gasteiger partial charge in [0.15, 0.2) is 0 Å². The molecule has 4 rings (SSSR count). The van der Waals surface area contributed by atoms with Crippen molar-refractivity contribution in [3.05, 3.63) is 118 Å². The highest BCUT2D eigenvalue weighted by Crippen LogP contribution is 2.39. The number of ether oxygens (including phenoxy) is 2. The fraction of sp³-hybridized carbons (Fsp3) is 0.207. The molecule has 1 aliphatic heterocycles. The molecule has 1 aliphatic rings. The van der Waals surface area contributed by atoms with E-state index in [0.717, 1.165) is 17.7 Å². The molecule has 2 heterocycles. The number of hydrogen-bond donors (Lipinski definition) is 1. The summed E-state index contributed by atoms with van der Waals surface area (Å²) >= 11 is 6.24. The van der Waals surface area contributed by atoms with Crippen LogP contribution in [-0.4, -0.2) is 35.2 Å². The lowest BCUT2D eigenvalue weighted by atomic mass is 9.80. The zero-order valence-corrected chi connectivity index (χ0v) is 21.7. The van der Waals surface area contributed by atoms with E-state index >= 15 is 0 Å². The summed E-state index contributed by atoms with van der Waals surface area (Å²) in [5, 5.41) is 3.63. The first kappa shape index (κ1) is 26.0. The van der Waals surface area contributed by atoms with Crippen molar-refractivity contribution in [1.82, 2.24) is 14.9 Å². The third kappa shape index (κ3) is 6.19. The van der Waals surface area contributed by atoms with Crippen LogP contribution >= 0.6 is 11.6 Å². The Labute approximate surface area is 221 Å². The molecule has 3 aromatic rings. The van der Waals surface area contributed by atoms with Crippen LogP contribution in [0.5, 0.6) is 0 Å². The highest BCUT2D eigenvalue weighted by atomic mass is 35.5. The van der Waals surface area contributed by atoms with E-state index < -0.39 is 17.9 Å². The Morgan fingerprint density at radius 2 is 1.81 bits per heavy atom. The number of dihydropyridines is 1. The molecule has 7 nitrogen and oxygen atoms in total. The number of esters is 2. The number of nitrogens with one attached hydrogen (secondary N) is 1. The third-order valence-corrected chi connectivity index (χ3v) is 6.33. The fourth-order valence-electron chi connectivity index (χ4n) is 4.38. The summed E-state index contributed by atoms with van der Waals surface area (Å²) in [6.45, 7) is 4.38. The molecule has 0 spiro atoms. The van der Waals surface area contributed by atoms with E-state index in [1.165, 1.54) is 7.11 Å². The van der Waals surface area contributed by atoms with Crippen LogP contribution in [0.1, 0.15) is 36.5 Å². The maximum absolute atomic E-state index is 13.3. The van der Waals surface area contributed by atoms with Crippen molar-refractivity contribution in [1.29, 1.82) is 0 Å². The molecule has 0 aliphatic carbocycles. The second-order valence-electron chi connectivity index (χ2n) is 8.66. The van der Waals surface area contributed by atoms with Gasteiger partial charge in [0.05, 0.1) is 30.5 Å².